The molecule has 1 atom stereocenters. The van der Waals surface area contributed by atoms with E-state index >= 15 is 0 Å². The van der Waals surface area contributed by atoms with Gasteiger partial charge in [-0.05, 0) is 12.5 Å². The van der Waals surface area contributed by atoms with Crippen molar-refractivity contribution in [3.63, 3.8) is 0 Å². The minimum absolute atomic E-state index is 0.112. The van der Waals surface area contributed by atoms with Crippen LogP contribution < -0.4 is 5.73 Å². The van der Waals surface area contributed by atoms with Gasteiger partial charge in [-0.2, -0.15) is 0 Å². The lowest BCUT2D eigenvalue weighted by atomic mass is 10.0. The summed E-state index contributed by atoms with van der Waals surface area (Å²) >= 11 is 0. The SMILES string of the molecule is C=CCN(CC=C)C(=O)C(N)c1ccc(C)cc1. The van der Waals surface area contributed by atoms with E-state index in [4.69, 9.17) is 5.73 Å². The zero-order valence-corrected chi connectivity index (χ0v) is 10.8. The van der Waals surface area contributed by atoms with Crippen molar-refractivity contribution >= 4 is 5.91 Å². The van der Waals surface area contributed by atoms with Crippen LogP contribution in [0.25, 0.3) is 0 Å². The van der Waals surface area contributed by atoms with E-state index in [0.29, 0.717) is 13.1 Å². The second-order valence-corrected chi connectivity index (χ2v) is 4.21. The van der Waals surface area contributed by atoms with E-state index in [2.05, 4.69) is 13.2 Å². The van der Waals surface area contributed by atoms with Crippen LogP contribution in [0.3, 0.4) is 0 Å². The predicted octanol–water partition coefficient (Wildman–Crippen LogP) is 2.20. The molecule has 96 valence electrons. The van der Waals surface area contributed by atoms with Gasteiger partial charge in [0.2, 0.25) is 5.91 Å². The lowest BCUT2D eigenvalue weighted by molar-refractivity contribution is -0.131. The van der Waals surface area contributed by atoms with Crippen molar-refractivity contribution < 1.29 is 4.79 Å². The van der Waals surface area contributed by atoms with Crippen LogP contribution in [0.2, 0.25) is 0 Å². The molecule has 0 saturated heterocycles. The Hall–Kier alpha value is -1.87. The van der Waals surface area contributed by atoms with Gasteiger partial charge in [-0.3, -0.25) is 4.79 Å². The summed E-state index contributed by atoms with van der Waals surface area (Å²) in [5, 5.41) is 0. The first-order valence-corrected chi connectivity index (χ1v) is 5.93. The number of nitrogens with two attached hydrogens (primary N) is 1. The van der Waals surface area contributed by atoms with E-state index in [1.54, 1.807) is 17.1 Å². The second kappa shape index (κ2) is 6.77. The van der Waals surface area contributed by atoms with Crippen molar-refractivity contribution in [2.75, 3.05) is 13.1 Å². The molecule has 0 aromatic heterocycles. The summed E-state index contributed by atoms with van der Waals surface area (Å²) in [7, 11) is 0. The van der Waals surface area contributed by atoms with Crippen LogP contribution in [0.1, 0.15) is 17.2 Å². The average molecular weight is 244 g/mol. The Balaban J connectivity index is 2.83. The fourth-order valence-corrected chi connectivity index (χ4v) is 1.68. The molecule has 0 radical (unpaired) electrons. The molecular weight excluding hydrogens is 224 g/mol. The summed E-state index contributed by atoms with van der Waals surface area (Å²) in [5.41, 5.74) is 7.96. The summed E-state index contributed by atoms with van der Waals surface area (Å²) in [4.78, 5) is 13.8. The van der Waals surface area contributed by atoms with Crippen molar-refractivity contribution in [1.82, 2.24) is 4.90 Å². The van der Waals surface area contributed by atoms with E-state index in [0.717, 1.165) is 11.1 Å². The maximum absolute atomic E-state index is 12.2. The number of aryl methyl sites for hydroxylation is 1. The fraction of sp³-hybridized carbons (Fsp3) is 0.267. The Bertz CT molecular complexity index is 413. The van der Waals surface area contributed by atoms with E-state index in [9.17, 15) is 4.79 Å². The number of carbonyl (C=O) groups excluding carboxylic acids is 1. The number of amides is 1. The highest BCUT2D eigenvalue weighted by molar-refractivity contribution is 5.83. The first-order chi connectivity index (χ1) is 8.60. The van der Waals surface area contributed by atoms with Gasteiger partial charge in [-0.25, -0.2) is 0 Å². The average Bonchev–Trinajstić information content (AvgIpc) is 2.38. The summed E-state index contributed by atoms with van der Waals surface area (Å²) in [5.74, 6) is -0.112. The second-order valence-electron chi connectivity index (χ2n) is 4.21. The number of hydrogen-bond acceptors (Lipinski definition) is 2. The molecule has 1 rings (SSSR count). The Kier molecular flexibility index (Phi) is 5.33. The van der Waals surface area contributed by atoms with Crippen LogP contribution in [0.15, 0.2) is 49.6 Å². The molecule has 0 saturated carbocycles. The molecule has 1 unspecified atom stereocenters. The normalized spacial score (nSPS) is 11.7. The van der Waals surface area contributed by atoms with Crippen molar-refractivity contribution in [3.8, 4) is 0 Å². The van der Waals surface area contributed by atoms with Crippen LogP contribution in [0.4, 0.5) is 0 Å². The van der Waals surface area contributed by atoms with Gasteiger partial charge in [0.05, 0.1) is 0 Å². The minimum Gasteiger partial charge on any atom is -0.334 e. The molecule has 0 aliphatic rings. The molecule has 1 aromatic rings. The lowest BCUT2D eigenvalue weighted by Crippen LogP contribution is -2.38. The van der Waals surface area contributed by atoms with Crippen molar-refractivity contribution in [2.24, 2.45) is 5.73 Å². The van der Waals surface area contributed by atoms with E-state index in [1.807, 2.05) is 31.2 Å². The Morgan fingerprint density at radius 2 is 1.78 bits per heavy atom. The number of benzene rings is 1. The maximum atomic E-state index is 12.2. The lowest BCUT2D eigenvalue weighted by Gasteiger charge is -2.23. The number of nitrogens with zero attached hydrogens (tertiary/aromatic N) is 1. The van der Waals surface area contributed by atoms with Crippen LogP contribution in [-0.2, 0) is 4.79 Å². The minimum atomic E-state index is -0.634. The summed E-state index contributed by atoms with van der Waals surface area (Å²) in [6.07, 6.45) is 3.37. The van der Waals surface area contributed by atoms with Gasteiger partial charge in [0.1, 0.15) is 6.04 Å². The van der Waals surface area contributed by atoms with Gasteiger partial charge in [-0.15, -0.1) is 13.2 Å². The fourth-order valence-electron chi connectivity index (χ4n) is 1.68. The molecule has 0 fully saturated rings. The smallest absolute Gasteiger partial charge is 0.244 e. The maximum Gasteiger partial charge on any atom is 0.244 e. The molecule has 3 heteroatoms. The van der Waals surface area contributed by atoms with Crippen LogP contribution in [-0.4, -0.2) is 23.9 Å². The summed E-state index contributed by atoms with van der Waals surface area (Å²) < 4.78 is 0. The molecule has 0 spiro atoms. The summed E-state index contributed by atoms with van der Waals surface area (Å²) in [6.45, 7) is 10.2. The first kappa shape index (κ1) is 14.2. The molecule has 0 bridgehead atoms. The quantitative estimate of drug-likeness (QED) is 0.780. The molecule has 1 aromatic carbocycles. The molecule has 3 nitrogen and oxygen atoms in total. The van der Waals surface area contributed by atoms with Crippen molar-refractivity contribution in [1.29, 1.82) is 0 Å². The Morgan fingerprint density at radius 1 is 1.28 bits per heavy atom. The van der Waals surface area contributed by atoms with Gasteiger partial charge in [0, 0.05) is 13.1 Å². The molecule has 1 amide bonds. The third-order valence-corrected chi connectivity index (χ3v) is 2.71. The van der Waals surface area contributed by atoms with E-state index in [-0.39, 0.29) is 5.91 Å². The summed E-state index contributed by atoms with van der Waals surface area (Å²) in [6, 6.07) is 7.04. The third-order valence-electron chi connectivity index (χ3n) is 2.71. The Labute approximate surface area is 109 Å². The van der Waals surface area contributed by atoms with Gasteiger partial charge in [0.25, 0.3) is 0 Å². The zero-order valence-electron chi connectivity index (χ0n) is 10.8. The first-order valence-electron chi connectivity index (χ1n) is 5.93. The molecular formula is C15H20N2O. The molecule has 0 aliphatic carbocycles. The highest BCUT2D eigenvalue weighted by Gasteiger charge is 2.20. The largest absolute Gasteiger partial charge is 0.334 e. The van der Waals surface area contributed by atoms with Crippen LogP contribution >= 0.6 is 0 Å². The predicted molar refractivity (Wildman–Crippen MR) is 75.1 cm³/mol. The van der Waals surface area contributed by atoms with Gasteiger partial charge in [0.15, 0.2) is 0 Å². The van der Waals surface area contributed by atoms with Gasteiger partial charge < -0.3 is 10.6 Å². The molecule has 0 aliphatic heterocycles. The van der Waals surface area contributed by atoms with Gasteiger partial charge in [-0.1, -0.05) is 42.0 Å². The highest BCUT2D eigenvalue weighted by Crippen LogP contribution is 2.14. The number of rotatable bonds is 6. The van der Waals surface area contributed by atoms with Crippen molar-refractivity contribution in [2.45, 2.75) is 13.0 Å². The Morgan fingerprint density at radius 3 is 2.22 bits per heavy atom. The molecule has 0 heterocycles. The molecule has 2 N–H and O–H groups in total. The standard InChI is InChI=1S/C15H20N2O/c1-4-10-17(11-5-2)15(18)14(16)13-8-6-12(3)7-9-13/h4-9,14H,1-2,10-11,16H2,3H3. The van der Waals surface area contributed by atoms with Crippen LogP contribution in [0, 0.1) is 6.92 Å². The van der Waals surface area contributed by atoms with E-state index < -0.39 is 6.04 Å². The third kappa shape index (κ3) is 3.57. The molecule has 18 heavy (non-hydrogen) atoms. The monoisotopic (exact) mass is 244 g/mol. The zero-order chi connectivity index (χ0) is 13.5. The number of carbonyl (C=O) groups is 1. The van der Waals surface area contributed by atoms with Crippen molar-refractivity contribution in [3.05, 3.63) is 60.7 Å². The topological polar surface area (TPSA) is 46.3 Å². The van der Waals surface area contributed by atoms with Gasteiger partial charge >= 0.3 is 0 Å². The van der Waals surface area contributed by atoms with E-state index in [1.165, 1.54) is 0 Å². The highest BCUT2D eigenvalue weighted by atomic mass is 16.2. The number of hydrogen-bond donors (Lipinski definition) is 1. The van der Waals surface area contributed by atoms with Crippen LogP contribution in [0.5, 0.6) is 0 Å².